The lowest BCUT2D eigenvalue weighted by Crippen LogP contribution is -2.48. The number of benzene rings is 3. The number of aromatic nitrogens is 2. The van der Waals surface area contributed by atoms with E-state index in [2.05, 4.69) is 68.7 Å². The SMILES string of the molecule is O=[N+]([O-])c1c(Nc2cccc(Cl)c2)ncnc1N1CCN(C(c2ccccc2)c2ccccc2)CC1. The first-order valence-electron chi connectivity index (χ1n) is 11.7. The van der Waals surface area contributed by atoms with Gasteiger partial charge >= 0.3 is 5.69 Å². The Morgan fingerprint density at radius 1 is 0.861 bits per heavy atom. The number of nitro groups is 1. The number of hydrogen-bond acceptors (Lipinski definition) is 7. The molecule has 3 aromatic carbocycles. The van der Waals surface area contributed by atoms with Gasteiger partial charge in [-0.15, -0.1) is 0 Å². The molecule has 0 atom stereocenters. The Labute approximate surface area is 214 Å². The van der Waals surface area contributed by atoms with E-state index in [1.807, 2.05) is 17.0 Å². The van der Waals surface area contributed by atoms with Crippen LogP contribution in [0.5, 0.6) is 0 Å². The van der Waals surface area contributed by atoms with E-state index in [1.54, 1.807) is 24.3 Å². The Bertz CT molecular complexity index is 1290. The minimum Gasteiger partial charge on any atom is -0.348 e. The van der Waals surface area contributed by atoms with Gasteiger partial charge in [-0.1, -0.05) is 78.3 Å². The molecule has 8 nitrogen and oxygen atoms in total. The van der Waals surface area contributed by atoms with Crippen molar-refractivity contribution in [2.45, 2.75) is 6.04 Å². The van der Waals surface area contributed by atoms with Crippen molar-refractivity contribution in [2.24, 2.45) is 0 Å². The van der Waals surface area contributed by atoms with E-state index >= 15 is 0 Å². The molecule has 2 heterocycles. The Kier molecular flexibility index (Phi) is 7.06. The van der Waals surface area contributed by atoms with Crippen LogP contribution in [0.25, 0.3) is 0 Å². The molecule has 0 amide bonds. The lowest BCUT2D eigenvalue weighted by atomic mass is 9.96. The average Bonchev–Trinajstić information content (AvgIpc) is 2.90. The Morgan fingerprint density at radius 2 is 1.50 bits per heavy atom. The molecule has 0 aliphatic carbocycles. The molecule has 182 valence electrons. The third-order valence-corrected chi connectivity index (χ3v) is 6.52. The van der Waals surface area contributed by atoms with E-state index in [0.29, 0.717) is 29.6 Å². The van der Waals surface area contributed by atoms with Crippen LogP contribution in [0.3, 0.4) is 0 Å². The number of piperazine rings is 1. The molecule has 0 spiro atoms. The molecule has 1 aromatic heterocycles. The summed E-state index contributed by atoms with van der Waals surface area (Å²) < 4.78 is 0. The molecule has 36 heavy (non-hydrogen) atoms. The van der Waals surface area contributed by atoms with Gasteiger partial charge in [0.1, 0.15) is 6.33 Å². The number of nitrogens with one attached hydrogen (secondary N) is 1. The van der Waals surface area contributed by atoms with Crippen LogP contribution in [-0.4, -0.2) is 46.0 Å². The molecule has 4 aromatic rings. The van der Waals surface area contributed by atoms with Gasteiger partial charge in [0, 0.05) is 36.9 Å². The lowest BCUT2D eigenvalue weighted by Gasteiger charge is -2.40. The number of rotatable bonds is 7. The molecular formula is C27H25ClN6O2. The van der Waals surface area contributed by atoms with E-state index in [1.165, 1.54) is 17.5 Å². The fourth-order valence-corrected chi connectivity index (χ4v) is 4.83. The fourth-order valence-electron chi connectivity index (χ4n) is 4.64. The molecule has 1 aliphatic heterocycles. The molecule has 1 fully saturated rings. The van der Waals surface area contributed by atoms with Crippen LogP contribution in [-0.2, 0) is 0 Å². The molecule has 1 aliphatic rings. The summed E-state index contributed by atoms with van der Waals surface area (Å²) in [6.45, 7) is 2.66. The van der Waals surface area contributed by atoms with Gasteiger partial charge in [0.25, 0.3) is 0 Å². The maximum Gasteiger partial charge on any atom is 0.353 e. The minimum atomic E-state index is -0.425. The van der Waals surface area contributed by atoms with Crippen molar-refractivity contribution in [3.8, 4) is 0 Å². The summed E-state index contributed by atoms with van der Waals surface area (Å²) in [6.07, 6.45) is 1.36. The predicted molar refractivity (Wildman–Crippen MR) is 142 cm³/mol. The van der Waals surface area contributed by atoms with Crippen molar-refractivity contribution in [3.05, 3.63) is 118 Å². The van der Waals surface area contributed by atoms with E-state index < -0.39 is 4.92 Å². The summed E-state index contributed by atoms with van der Waals surface area (Å²) in [6, 6.07) is 27.9. The lowest BCUT2D eigenvalue weighted by molar-refractivity contribution is -0.383. The van der Waals surface area contributed by atoms with Crippen LogP contribution in [0.1, 0.15) is 17.2 Å². The molecular weight excluding hydrogens is 476 g/mol. The number of halogens is 1. The zero-order chi connectivity index (χ0) is 24.9. The van der Waals surface area contributed by atoms with Gasteiger partial charge in [0.2, 0.25) is 11.6 Å². The van der Waals surface area contributed by atoms with Crippen molar-refractivity contribution >= 4 is 34.6 Å². The van der Waals surface area contributed by atoms with E-state index in [9.17, 15) is 10.1 Å². The first-order valence-corrected chi connectivity index (χ1v) is 12.1. The van der Waals surface area contributed by atoms with Gasteiger partial charge in [0.15, 0.2) is 0 Å². The highest BCUT2D eigenvalue weighted by molar-refractivity contribution is 6.30. The zero-order valence-corrected chi connectivity index (χ0v) is 20.3. The predicted octanol–water partition coefficient (Wildman–Crippen LogP) is 5.69. The highest BCUT2D eigenvalue weighted by atomic mass is 35.5. The molecule has 0 bridgehead atoms. The number of anilines is 3. The third kappa shape index (κ3) is 5.15. The molecule has 0 unspecified atom stereocenters. The average molecular weight is 501 g/mol. The highest BCUT2D eigenvalue weighted by Crippen LogP contribution is 2.36. The zero-order valence-electron chi connectivity index (χ0n) is 19.5. The second kappa shape index (κ2) is 10.7. The van der Waals surface area contributed by atoms with Crippen molar-refractivity contribution in [3.63, 3.8) is 0 Å². The van der Waals surface area contributed by atoms with E-state index in [4.69, 9.17) is 11.6 Å². The first kappa shape index (κ1) is 23.7. The van der Waals surface area contributed by atoms with Gasteiger partial charge in [-0.05, 0) is 29.3 Å². The number of nitrogens with zero attached hydrogens (tertiary/aromatic N) is 5. The second-order valence-electron chi connectivity index (χ2n) is 8.53. The van der Waals surface area contributed by atoms with Crippen LogP contribution in [0.4, 0.5) is 23.0 Å². The molecule has 5 rings (SSSR count). The summed E-state index contributed by atoms with van der Waals surface area (Å²) in [7, 11) is 0. The topological polar surface area (TPSA) is 87.4 Å². The Morgan fingerprint density at radius 3 is 2.08 bits per heavy atom. The molecule has 1 saturated heterocycles. The number of hydrogen-bond donors (Lipinski definition) is 1. The summed E-state index contributed by atoms with van der Waals surface area (Å²) >= 11 is 6.07. The first-order chi connectivity index (χ1) is 17.6. The molecule has 9 heteroatoms. The minimum absolute atomic E-state index is 0.106. The van der Waals surface area contributed by atoms with Gasteiger partial charge < -0.3 is 10.2 Å². The summed E-state index contributed by atoms with van der Waals surface area (Å²) in [5.74, 6) is 0.455. The maximum atomic E-state index is 12.1. The fraction of sp³-hybridized carbons (Fsp3) is 0.185. The Balaban J connectivity index is 1.39. The largest absolute Gasteiger partial charge is 0.353 e. The Hall–Kier alpha value is -4.01. The quantitative estimate of drug-likeness (QED) is 0.257. The van der Waals surface area contributed by atoms with Crippen molar-refractivity contribution in [1.82, 2.24) is 14.9 Å². The van der Waals surface area contributed by atoms with Crippen molar-refractivity contribution < 1.29 is 4.92 Å². The van der Waals surface area contributed by atoms with Crippen LogP contribution in [0, 0.1) is 10.1 Å². The monoisotopic (exact) mass is 500 g/mol. The van der Waals surface area contributed by atoms with E-state index in [-0.39, 0.29) is 17.5 Å². The third-order valence-electron chi connectivity index (χ3n) is 6.28. The van der Waals surface area contributed by atoms with E-state index in [0.717, 1.165) is 13.1 Å². The molecule has 0 saturated carbocycles. The standard InChI is InChI=1S/C27H25ClN6O2/c28-22-12-7-13-23(18-22)31-26-25(34(35)36)27(30-19-29-26)33-16-14-32(15-17-33)24(20-8-3-1-4-9-20)21-10-5-2-6-11-21/h1-13,18-19,24H,14-17H2,(H,29,30,31). The van der Waals surface area contributed by atoms with Crippen molar-refractivity contribution in [2.75, 3.05) is 36.4 Å². The second-order valence-corrected chi connectivity index (χ2v) is 8.97. The maximum absolute atomic E-state index is 12.1. The van der Waals surface area contributed by atoms with Gasteiger partial charge in [-0.3, -0.25) is 15.0 Å². The van der Waals surface area contributed by atoms with Crippen LogP contribution in [0.15, 0.2) is 91.3 Å². The smallest absolute Gasteiger partial charge is 0.348 e. The van der Waals surface area contributed by atoms with Crippen molar-refractivity contribution in [1.29, 1.82) is 0 Å². The van der Waals surface area contributed by atoms with Gasteiger partial charge in [0.05, 0.1) is 11.0 Å². The normalized spacial score (nSPS) is 14.1. The van der Waals surface area contributed by atoms with Crippen LogP contribution >= 0.6 is 11.6 Å². The van der Waals surface area contributed by atoms with Crippen LogP contribution in [0.2, 0.25) is 5.02 Å². The summed E-state index contributed by atoms with van der Waals surface area (Å²) in [5.41, 5.74) is 2.92. The van der Waals surface area contributed by atoms with Gasteiger partial charge in [-0.2, -0.15) is 0 Å². The van der Waals surface area contributed by atoms with Crippen LogP contribution < -0.4 is 10.2 Å². The highest BCUT2D eigenvalue weighted by Gasteiger charge is 2.32. The summed E-state index contributed by atoms with van der Waals surface area (Å²) in [5, 5.41) is 15.7. The molecule has 0 radical (unpaired) electrons. The van der Waals surface area contributed by atoms with Gasteiger partial charge in [-0.25, -0.2) is 9.97 Å². The molecule has 1 N–H and O–H groups in total. The summed E-state index contributed by atoms with van der Waals surface area (Å²) in [4.78, 5) is 24.5.